The fourth-order valence-corrected chi connectivity index (χ4v) is 1.94. The highest BCUT2D eigenvalue weighted by molar-refractivity contribution is 6.33. The van der Waals surface area contributed by atoms with E-state index in [9.17, 15) is 22.8 Å². The maximum Gasteiger partial charge on any atom is 0.417 e. The number of nitrogens with one attached hydrogen (secondary N) is 2. The number of halogens is 4. The van der Waals surface area contributed by atoms with Crippen molar-refractivity contribution >= 4 is 23.4 Å². The van der Waals surface area contributed by atoms with Gasteiger partial charge < -0.3 is 0 Å². The zero-order valence-electron chi connectivity index (χ0n) is 11.3. The van der Waals surface area contributed by atoms with Crippen molar-refractivity contribution in [2.45, 2.75) is 6.18 Å². The van der Waals surface area contributed by atoms with Gasteiger partial charge in [0.05, 0.1) is 21.7 Å². The first-order chi connectivity index (χ1) is 10.8. The largest absolute Gasteiger partial charge is 0.417 e. The van der Waals surface area contributed by atoms with Gasteiger partial charge >= 0.3 is 6.18 Å². The molecule has 120 valence electrons. The highest BCUT2D eigenvalue weighted by atomic mass is 35.5. The average molecular weight is 344 g/mol. The number of rotatable bonds is 2. The number of carbonyl (C=O) groups excluding carboxylic acids is 2. The molecule has 23 heavy (non-hydrogen) atoms. The summed E-state index contributed by atoms with van der Waals surface area (Å²) in [5, 5.41) is 0.136. The number of aromatic nitrogens is 1. The number of amides is 2. The Morgan fingerprint density at radius 3 is 2.22 bits per heavy atom. The Labute approximate surface area is 133 Å². The van der Waals surface area contributed by atoms with Crippen molar-refractivity contribution in [2.75, 3.05) is 0 Å². The first-order valence-corrected chi connectivity index (χ1v) is 6.55. The van der Waals surface area contributed by atoms with Crippen molar-refractivity contribution in [3.8, 4) is 0 Å². The molecule has 0 radical (unpaired) electrons. The van der Waals surface area contributed by atoms with Gasteiger partial charge in [0.25, 0.3) is 11.8 Å². The van der Waals surface area contributed by atoms with Crippen LogP contribution < -0.4 is 10.9 Å². The van der Waals surface area contributed by atoms with Crippen molar-refractivity contribution in [1.29, 1.82) is 0 Å². The zero-order valence-corrected chi connectivity index (χ0v) is 12.1. The number of carbonyl (C=O) groups is 2. The van der Waals surface area contributed by atoms with E-state index in [0.717, 1.165) is 12.4 Å². The smallest absolute Gasteiger partial charge is 0.267 e. The first-order valence-electron chi connectivity index (χ1n) is 6.17. The Morgan fingerprint density at radius 1 is 1.00 bits per heavy atom. The predicted molar refractivity (Wildman–Crippen MR) is 75.6 cm³/mol. The molecule has 0 aliphatic heterocycles. The van der Waals surface area contributed by atoms with Gasteiger partial charge in [-0.1, -0.05) is 23.7 Å². The Bertz CT molecular complexity index is 750. The molecule has 2 N–H and O–H groups in total. The monoisotopic (exact) mass is 343 g/mol. The van der Waals surface area contributed by atoms with Crippen molar-refractivity contribution in [3.05, 3.63) is 64.4 Å². The third-order valence-corrected chi connectivity index (χ3v) is 3.11. The van der Waals surface area contributed by atoms with E-state index in [2.05, 4.69) is 4.98 Å². The molecule has 1 aromatic carbocycles. The second-order valence-electron chi connectivity index (χ2n) is 4.31. The van der Waals surface area contributed by atoms with E-state index in [1.807, 2.05) is 10.9 Å². The van der Waals surface area contributed by atoms with Gasteiger partial charge in [-0.15, -0.1) is 0 Å². The molecule has 0 aliphatic rings. The highest BCUT2D eigenvalue weighted by Gasteiger charge is 2.35. The lowest BCUT2D eigenvalue weighted by molar-refractivity contribution is -0.138. The van der Waals surface area contributed by atoms with Crippen LogP contribution in [0.4, 0.5) is 13.2 Å². The molecule has 0 bridgehead atoms. The molecule has 1 heterocycles. The lowest BCUT2D eigenvalue weighted by Gasteiger charge is -2.12. The molecular formula is C14H9ClF3N3O2. The van der Waals surface area contributed by atoms with Gasteiger partial charge in [-0.3, -0.25) is 25.4 Å². The van der Waals surface area contributed by atoms with Gasteiger partial charge in [0.15, 0.2) is 0 Å². The van der Waals surface area contributed by atoms with Crippen molar-refractivity contribution in [2.24, 2.45) is 0 Å². The molecule has 1 aromatic heterocycles. The maximum atomic E-state index is 12.8. The topological polar surface area (TPSA) is 71.1 Å². The van der Waals surface area contributed by atoms with Crippen LogP contribution in [0.2, 0.25) is 5.02 Å². The SMILES string of the molecule is O=C(NNC(=O)c1cnccc1C(F)(F)F)c1ccccc1Cl. The van der Waals surface area contributed by atoms with Gasteiger partial charge in [0.2, 0.25) is 0 Å². The third-order valence-electron chi connectivity index (χ3n) is 2.78. The van der Waals surface area contributed by atoms with E-state index in [1.165, 1.54) is 12.1 Å². The minimum absolute atomic E-state index is 0.0664. The summed E-state index contributed by atoms with van der Waals surface area (Å²) in [5.74, 6) is -1.91. The van der Waals surface area contributed by atoms with Crippen LogP contribution in [0.25, 0.3) is 0 Å². The molecular weight excluding hydrogens is 335 g/mol. The fraction of sp³-hybridized carbons (Fsp3) is 0.0714. The van der Waals surface area contributed by atoms with Crippen molar-refractivity contribution < 1.29 is 22.8 Å². The molecule has 0 aliphatic carbocycles. The number of hydrogen-bond donors (Lipinski definition) is 2. The van der Waals surface area contributed by atoms with Crippen LogP contribution in [0.15, 0.2) is 42.7 Å². The normalized spacial score (nSPS) is 11.0. The Morgan fingerprint density at radius 2 is 1.61 bits per heavy atom. The summed E-state index contributed by atoms with van der Waals surface area (Å²) in [7, 11) is 0. The lowest BCUT2D eigenvalue weighted by atomic mass is 10.1. The molecule has 0 saturated carbocycles. The van der Waals surface area contributed by atoms with Gasteiger partial charge in [0.1, 0.15) is 0 Å². The Balaban J connectivity index is 2.12. The van der Waals surface area contributed by atoms with Crippen LogP contribution in [-0.4, -0.2) is 16.8 Å². The minimum atomic E-state index is -4.72. The molecule has 0 spiro atoms. The number of nitrogens with zero attached hydrogens (tertiary/aromatic N) is 1. The van der Waals surface area contributed by atoms with Crippen molar-refractivity contribution in [1.82, 2.24) is 15.8 Å². The van der Waals surface area contributed by atoms with E-state index in [4.69, 9.17) is 11.6 Å². The van der Waals surface area contributed by atoms with Crippen molar-refractivity contribution in [3.63, 3.8) is 0 Å². The summed E-state index contributed by atoms with van der Waals surface area (Å²) in [6.07, 6.45) is -3.04. The van der Waals surface area contributed by atoms with E-state index < -0.39 is 29.1 Å². The van der Waals surface area contributed by atoms with Gasteiger partial charge in [-0.25, -0.2) is 0 Å². The average Bonchev–Trinajstić information content (AvgIpc) is 2.52. The molecule has 0 unspecified atom stereocenters. The standard InChI is InChI=1S/C14H9ClF3N3O2/c15-11-4-2-1-3-8(11)12(22)20-21-13(23)9-7-19-6-5-10(9)14(16,17)18/h1-7H,(H,20,22)(H,21,23). The molecule has 2 amide bonds. The predicted octanol–water partition coefficient (Wildman–Crippen LogP) is 2.83. The minimum Gasteiger partial charge on any atom is -0.267 e. The van der Waals surface area contributed by atoms with E-state index >= 15 is 0 Å². The van der Waals surface area contributed by atoms with Crippen LogP contribution in [0.1, 0.15) is 26.3 Å². The molecule has 0 saturated heterocycles. The number of benzene rings is 1. The molecule has 0 fully saturated rings. The summed E-state index contributed by atoms with van der Waals surface area (Å²) in [5.41, 5.74) is 2.10. The second kappa shape index (κ2) is 6.66. The summed E-state index contributed by atoms with van der Waals surface area (Å²) in [6, 6.07) is 6.68. The molecule has 2 rings (SSSR count). The van der Waals surface area contributed by atoms with Crippen LogP contribution in [0, 0.1) is 0 Å². The quantitative estimate of drug-likeness (QED) is 0.824. The maximum absolute atomic E-state index is 12.8. The Hall–Kier alpha value is -2.61. The first kappa shape index (κ1) is 16.8. The number of pyridine rings is 1. The van der Waals surface area contributed by atoms with E-state index in [1.54, 1.807) is 12.1 Å². The van der Waals surface area contributed by atoms with Gasteiger partial charge in [0, 0.05) is 12.4 Å². The zero-order chi connectivity index (χ0) is 17.0. The summed E-state index contributed by atoms with van der Waals surface area (Å²) in [4.78, 5) is 27.2. The summed E-state index contributed by atoms with van der Waals surface area (Å²) >= 11 is 5.80. The lowest BCUT2D eigenvalue weighted by Crippen LogP contribution is -2.42. The van der Waals surface area contributed by atoms with Gasteiger partial charge in [-0.2, -0.15) is 13.2 Å². The number of hydrazine groups is 1. The van der Waals surface area contributed by atoms with Crippen LogP contribution >= 0.6 is 11.6 Å². The molecule has 9 heteroatoms. The van der Waals surface area contributed by atoms with Gasteiger partial charge in [-0.05, 0) is 18.2 Å². The van der Waals surface area contributed by atoms with Crippen LogP contribution in [0.3, 0.4) is 0 Å². The van der Waals surface area contributed by atoms with E-state index in [0.29, 0.717) is 6.07 Å². The molecule has 5 nitrogen and oxygen atoms in total. The third kappa shape index (κ3) is 3.98. The summed E-state index contributed by atoms with van der Waals surface area (Å²) < 4.78 is 38.4. The second-order valence-corrected chi connectivity index (χ2v) is 4.71. The Kier molecular flexibility index (Phi) is 4.85. The van der Waals surface area contributed by atoms with E-state index in [-0.39, 0.29) is 10.6 Å². The molecule has 0 atom stereocenters. The molecule has 2 aromatic rings. The number of alkyl halides is 3. The highest BCUT2D eigenvalue weighted by Crippen LogP contribution is 2.31. The van der Waals surface area contributed by atoms with Crippen LogP contribution in [-0.2, 0) is 6.18 Å². The number of hydrogen-bond acceptors (Lipinski definition) is 3. The fourth-order valence-electron chi connectivity index (χ4n) is 1.72. The summed E-state index contributed by atoms with van der Waals surface area (Å²) in [6.45, 7) is 0. The van der Waals surface area contributed by atoms with Crippen LogP contribution in [0.5, 0.6) is 0 Å².